The maximum Gasteiger partial charge on any atom is 0.335 e. The van der Waals surface area contributed by atoms with E-state index in [1.54, 1.807) is 42.5 Å². The Kier molecular flexibility index (Phi) is 8.32. The molecule has 0 amide bonds. The van der Waals surface area contributed by atoms with Crippen LogP contribution in [0.5, 0.6) is 5.75 Å². The molecule has 4 aromatic rings. The smallest absolute Gasteiger partial charge is 0.335 e. The number of hydrogen-bond donors (Lipinski definition) is 2. The van der Waals surface area contributed by atoms with Crippen LogP contribution in [0, 0.1) is 17.8 Å². The van der Waals surface area contributed by atoms with E-state index in [2.05, 4.69) is 22.5 Å². The lowest BCUT2D eigenvalue weighted by Gasteiger charge is -2.10. The second-order valence-electron chi connectivity index (χ2n) is 10.4. The van der Waals surface area contributed by atoms with Crippen molar-refractivity contribution in [3.05, 3.63) is 97.7 Å². The number of carbonyl (C=O) groups is 1. The zero-order chi connectivity index (χ0) is 29.2. The highest BCUT2D eigenvalue weighted by Gasteiger charge is 2.33. The van der Waals surface area contributed by atoms with Crippen LogP contribution in [-0.4, -0.2) is 22.8 Å². The van der Waals surface area contributed by atoms with Gasteiger partial charge in [-0.25, -0.2) is 4.79 Å². The minimum Gasteiger partial charge on any atom is -0.489 e. The highest BCUT2D eigenvalue weighted by molar-refractivity contribution is 6.39. The lowest BCUT2D eigenvalue weighted by Crippen LogP contribution is -2.06. The third-order valence-corrected chi connectivity index (χ3v) is 7.96. The second kappa shape index (κ2) is 12.3. The number of hydrogen-bond acceptors (Lipinski definition) is 6. The van der Waals surface area contributed by atoms with Gasteiger partial charge in [0.2, 0.25) is 0 Å². The summed E-state index contributed by atoms with van der Waals surface area (Å²) in [7, 11) is 0. The molecule has 2 aliphatic rings. The number of carboxylic acids is 1. The van der Waals surface area contributed by atoms with Gasteiger partial charge in [0.25, 0.3) is 0 Å². The van der Waals surface area contributed by atoms with Gasteiger partial charge >= 0.3 is 5.97 Å². The highest BCUT2D eigenvalue weighted by Crippen LogP contribution is 2.46. The number of aromatic carboxylic acids is 1. The molecule has 214 valence electrons. The summed E-state index contributed by atoms with van der Waals surface area (Å²) in [4.78, 5) is 17.1. The van der Waals surface area contributed by atoms with Crippen LogP contribution in [0.25, 0.3) is 11.3 Å². The molecule has 2 aliphatic carbocycles. The average molecular weight is 624 g/mol. The van der Waals surface area contributed by atoms with E-state index in [0.717, 1.165) is 37.0 Å². The normalized spacial score (nSPS) is 14.3. The Morgan fingerprint density at radius 2 is 1.79 bits per heavy atom. The van der Waals surface area contributed by atoms with Crippen LogP contribution in [0.2, 0.25) is 15.1 Å². The summed E-state index contributed by atoms with van der Waals surface area (Å²) >= 11 is 19.5. The third-order valence-electron chi connectivity index (χ3n) is 7.02. The fourth-order valence-electron chi connectivity index (χ4n) is 4.44. The van der Waals surface area contributed by atoms with Gasteiger partial charge in [0, 0.05) is 28.7 Å². The van der Waals surface area contributed by atoms with Crippen LogP contribution in [0.3, 0.4) is 0 Å². The largest absolute Gasteiger partial charge is 0.489 e. The van der Waals surface area contributed by atoms with E-state index in [1.807, 2.05) is 0 Å². The first-order valence-corrected chi connectivity index (χ1v) is 14.6. The predicted octanol–water partition coefficient (Wildman–Crippen LogP) is 8.61. The first-order valence-electron chi connectivity index (χ1n) is 13.5. The third kappa shape index (κ3) is 6.69. The molecule has 1 heterocycles. The molecule has 2 fully saturated rings. The molecule has 42 heavy (non-hydrogen) atoms. The molecule has 2 N–H and O–H groups in total. The van der Waals surface area contributed by atoms with Gasteiger partial charge in [-0.2, -0.15) is 0 Å². The van der Waals surface area contributed by atoms with Gasteiger partial charge in [-0.3, -0.25) is 10.3 Å². The molecule has 7 nitrogen and oxygen atoms in total. The summed E-state index contributed by atoms with van der Waals surface area (Å²) in [5.41, 5.74) is 6.51. The Morgan fingerprint density at radius 3 is 2.48 bits per heavy atom. The van der Waals surface area contributed by atoms with Crippen LogP contribution in [-0.2, 0) is 11.4 Å². The Balaban J connectivity index is 1.19. The van der Waals surface area contributed by atoms with E-state index < -0.39 is 5.97 Å². The molecule has 0 bridgehead atoms. The zero-order valence-electron chi connectivity index (χ0n) is 22.3. The first kappa shape index (κ1) is 28.4. The van der Waals surface area contributed by atoms with Crippen LogP contribution in [0.4, 0.5) is 5.69 Å². The molecule has 0 atom stereocenters. The highest BCUT2D eigenvalue weighted by atomic mass is 35.5. The Bertz CT molecular complexity index is 1700. The summed E-state index contributed by atoms with van der Waals surface area (Å²) in [6.07, 6.45) is 4.35. The molecule has 2 saturated carbocycles. The predicted molar refractivity (Wildman–Crippen MR) is 161 cm³/mol. The van der Waals surface area contributed by atoms with Crippen molar-refractivity contribution in [1.82, 2.24) is 5.16 Å². The number of anilines is 1. The van der Waals surface area contributed by atoms with Crippen molar-refractivity contribution in [3.8, 4) is 28.8 Å². The quantitative estimate of drug-likeness (QED) is 0.135. The number of aromatic nitrogens is 1. The van der Waals surface area contributed by atoms with Crippen LogP contribution >= 0.6 is 34.8 Å². The van der Waals surface area contributed by atoms with Gasteiger partial charge in [-0.15, -0.1) is 0 Å². The van der Waals surface area contributed by atoms with Crippen molar-refractivity contribution < 1.29 is 24.0 Å². The lowest BCUT2D eigenvalue weighted by atomic mass is 10.0. The maximum absolute atomic E-state index is 11.6. The molecular weight excluding hydrogens is 599 g/mol. The molecule has 0 spiro atoms. The zero-order valence-corrected chi connectivity index (χ0v) is 24.5. The Labute approximate surface area is 257 Å². The number of benzene rings is 3. The second-order valence-corrected chi connectivity index (χ2v) is 11.6. The fraction of sp³-hybridized carbons (Fsp3) is 0.250. The Hall–Kier alpha value is -3.67. The van der Waals surface area contributed by atoms with Crippen LogP contribution in [0.1, 0.15) is 64.4 Å². The number of rotatable bonds is 10. The SMILES string of the molecule is O=C(O)c1cc(C#Cc2ccc(OCc3c(-c4c(Cl)cccc4Cl)noc3C3CC3)cc2Cl)cc(NOCC2CC2)c1. The van der Waals surface area contributed by atoms with E-state index >= 15 is 0 Å². The molecule has 0 unspecified atom stereocenters. The lowest BCUT2D eigenvalue weighted by molar-refractivity contribution is 0.0696. The molecule has 0 radical (unpaired) electrons. The first-order chi connectivity index (χ1) is 20.4. The summed E-state index contributed by atoms with van der Waals surface area (Å²) in [6, 6.07) is 15.3. The van der Waals surface area contributed by atoms with Crippen molar-refractivity contribution in [3.63, 3.8) is 0 Å². The van der Waals surface area contributed by atoms with Crippen molar-refractivity contribution >= 4 is 46.5 Å². The minimum absolute atomic E-state index is 0.103. The molecule has 0 saturated heterocycles. The number of carboxylic acid groups (broad SMARTS) is 1. The standard InChI is InChI=1S/C32H25Cl3N2O5/c33-26-2-1-3-27(34)29(26)30-25(31(42-37-30)21-8-9-21)17-40-24-11-10-20(28(35)15-24)7-6-19-12-22(32(38)39)14-23(13-19)36-41-16-18-4-5-18/h1-3,10-15,18,21,36H,4-5,8-9,16-17H2,(H,38,39). The molecule has 0 aliphatic heterocycles. The van der Waals surface area contributed by atoms with E-state index in [0.29, 0.717) is 67.3 Å². The van der Waals surface area contributed by atoms with E-state index in [1.165, 1.54) is 12.1 Å². The molecular formula is C32H25Cl3N2O5. The minimum atomic E-state index is -1.05. The molecule has 3 aromatic carbocycles. The van der Waals surface area contributed by atoms with Gasteiger partial charge < -0.3 is 14.4 Å². The number of nitrogens with one attached hydrogen (secondary N) is 1. The summed E-state index contributed by atoms with van der Waals surface area (Å²) in [5.74, 6) is 7.16. The fourth-order valence-corrected chi connectivity index (χ4v) is 5.23. The van der Waals surface area contributed by atoms with Crippen molar-refractivity contribution in [2.75, 3.05) is 12.1 Å². The van der Waals surface area contributed by atoms with E-state index in [4.69, 9.17) is 48.9 Å². The van der Waals surface area contributed by atoms with E-state index in [-0.39, 0.29) is 12.2 Å². The van der Waals surface area contributed by atoms with Gasteiger partial charge in [0.15, 0.2) is 0 Å². The van der Waals surface area contributed by atoms with Gasteiger partial charge in [-0.1, -0.05) is 57.9 Å². The van der Waals surface area contributed by atoms with Crippen LogP contribution in [0.15, 0.2) is 59.1 Å². The van der Waals surface area contributed by atoms with Crippen molar-refractivity contribution in [2.24, 2.45) is 5.92 Å². The van der Waals surface area contributed by atoms with E-state index in [9.17, 15) is 9.90 Å². The average Bonchev–Trinajstić information content (AvgIpc) is 3.91. The van der Waals surface area contributed by atoms with Gasteiger partial charge in [-0.05, 0) is 74.1 Å². The Morgan fingerprint density at radius 1 is 1.00 bits per heavy atom. The van der Waals surface area contributed by atoms with Crippen LogP contribution < -0.4 is 10.2 Å². The number of ether oxygens (including phenoxy) is 1. The molecule has 6 rings (SSSR count). The summed E-state index contributed by atoms with van der Waals surface area (Å²) in [5, 5.41) is 15.2. The molecule has 1 aromatic heterocycles. The van der Waals surface area contributed by atoms with Gasteiger partial charge in [0.1, 0.15) is 23.8 Å². The van der Waals surface area contributed by atoms with Crippen molar-refractivity contribution in [1.29, 1.82) is 0 Å². The topological polar surface area (TPSA) is 93.8 Å². The number of halogens is 3. The maximum atomic E-state index is 11.6. The monoisotopic (exact) mass is 622 g/mol. The number of nitrogens with zero attached hydrogens (tertiary/aromatic N) is 1. The van der Waals surface area contributed by atoms with Gasteiger partial charge in [0.05, 0.1) is 38.5 Å². The molecule has 10 heteroatoms. The van der Waals surface area contributed by atoms with Crippen molar-refractivity contribution in [2.45, 2.75) is 38.2 Å². The summed E-state index contributed by atoms with van der Waals surface area (Å²) < 4.78 is 11.8. The summed E-state index contributed by atoms with van der Waals surface area (Å²) in [6.45, 7) is 0.768.